The zero-order valence-corrected chi connectivity index (χ0v) is 11.8. The Morgan fingerprint density at radius 3 is 2.70 bits per heavy atom. The van der Waals surface area contributed by atoms with E-state index in [1.807, 2.05) is 26.0 Å². The van der Waals surface area contributed by atoms with E-state index < -0.39 is 0 Å². The normalized spacial score (nSPS) is 18.8. The highest BCUT2D eigenvalue weighted by Crippen LogP contribution is 2.33. The van der Waals surface area contributed by atoms with Gasteiger partial charge in [-0.15, -0.1) is 0 Å². The van der Waals surface area contributed by atoms with Gasteiger partial charge in [0.15, 0.2) is 0 Å². The van der Waals surface area contributed by atoms with Crippen molar-refractivity contribution < 1.29 is 5.11 Å². The van der Waals surface area contributed by atoms with Crippen LogP contribution in [0.2, 0.25) is 0 Å². The predicted octanol–water partition coefficient (Wildman–Crippen LogP) is 1.65. The van der Waals surface area contributed by atoms with Crippen LogP contribution in [-0.2, 0) is 6.61 Å². The number of H-pyrrole nitrogens is 1. The Morgan fingerprint density at radius 2 is 2.05 bits per heavy atom. The molecular weight excluding hydrogens is 254 g/mol. The van der Waals surface area contributed by atoms with Gasteiger partial charge in [0.05, 0.1) is 24.0 Å². The van der Waals surface area contributed by atoms with Crippen molar-refractivity contribution in [2.24, 2.45) is 0 Å². The molecule has 0 unspecified atom stereocenters. The standard InChI is InChI=1S/C14H19N5O/c1-9-6-10(2)16-14(15-9)19-5-3-4-13(19)12-7-11(8-20)17-18-12/h6-7,13,20H,3-5,8H2,1-2H3,(H,17,18)/t13-/m0/s1. The van der Waals surface area contributed by atoms with E-state index in [1.54, 1.807) is 0 Å². The molecule has 3 rings (SSSR count). The number of aliphatic hydroxyl groups is 1. The zero-order chi connectivity index (χ0) is 14.1. The maximum atomic E-state index is 9.14. The fourth-order valence-corrected chi connectivity index (χ4v) is 2.78. The molecule has 1 aliphatic rings. The second-order valence-electron chi connectivity index (χ2n) is 5.28. The summed E-state index contributed by atoms with van der Waals surface area (Å²) in [4.78, 5) is 11.3. The van der Waals surface area contributed by atoms with Crippen molar-refractivity contribution in [2.45, 2.75) is 39.3 Å². The van der Waals surface area contributed by atoms with Crippen molar-refractivity contribution in [3.63, 3.8) is 0 Å². The van der Waals surface area contributed by atoms with E-state index in [0.29, 0.717) is 0 Å². The number of hydrogen-bond acceptors (Lipinski definition) is 5. The first kappa shape index (κ1) is 13.1. The van der Waals surface area contributed by atoms with Crippen LogP contribution < -0.4 is 4.90 Å². The third-order valence-corrected chi connectivity index (χ3v) is 3.64. The van der Waals surface area contributed by atoms with Crippen LogP contribution in [0.5, 0.6) is 0 Å². The second kappa shape index (κ2) is 5.20. The number of nitrogens with zero attached hydrogens (tertiary/aromatic N) is 4. The predicted molar refractivity (Wildman–Crippen MR) is 75.3 cm³/mol. The van der Waals surface area contributed by atoms with E-state index in [0.717, 1.165) is 48.1 Å². The van der Waals surface area contributed by atoms with Crippen molar-refractivity contribution in [1.82, 2.24) is 20.2 Å². The third kappa shape index (κ3) is 2.38. The summed E-state index contributed by atoms with van der Waals surface area (Å²) in [6.07, 6.45) is 2.13. The van der Waals surface area contributed by atoms with Crippen molar-refractivity contribution in [2.75, 3.05) is 11.4 Å². The number of aromatic amines is 1. The molecule has 2 aromatic heterocycles. The monoisotopic (exact) mass is 273 g/mol. The molecule has 0 spiro atoms. The minimum absolute atomic E-state index is 0.0141. The molecule has 2 N–H and O–H groups in total. The highest BCUT2D eigenvalue weighted by atomic mass is 16.3. The third-order valence-electron chi connectivity index (χ3n) is 3.64. The van der Waals surface area contributed by atoms with Crippen LogP contribution in [0.3, 0.4) is 0 Å². The van der Waals surface area contributed by atoms with Gasteiger partial charge in [-0.05, 0) is 38.8 Å². The molecule has 1 atom stereocenters. The summed E-state index contributed by atoms with van der Waals surface area (Å²) in [5, 5.41) is 16.3. The number of aromatic nitrogens is 4. The summed E-state index contributed by atoms with van der Waals surface area (Å²) >= 11 is 0. The van der Waals surface area contributed by atoms with Crippen LogP contribution in [0.25, 0.3) is 0 Å². The number of rotatable bonds is 3. The van der Waals surface area contributed by atoms with E-state index >= 15 is 0 Å². The molecule has 1 fully saturated rings. The summed E-state index contributed by atoms with van der Waals surface area (Å²) in [5.74, 6) is 0.776. The summed E-state index contributed by atoms with van der Waals surface area (Å²) in [6, 6.07) is 4.09. The Kier molecular flexibility index (Phi) is 3.40. The molecule has 1 saturated heterocycles. The summed E-state index contributed by atoms with van der Waals surface area (Å²) in [6.45, 7) is 4.90. The van der Waals surface area contributed by atoms with Crippen LogP contribution in [0, 0.1) is 13.8 Å². The van der Waals surface area contributed by atoms with Gasteiger partial charge >= 0.3 is 0 Å². The Bertz CT molecular complexity index is 589. The average molecular weight is 273 g/mol. The molecule has 6 heteroatoms. The van der Waals surface area contributed by atoms with E-state index in [4.69, 9.17) is 5.11 Å². The maximum Gasteiger partial charge on any atom is 0.226 e. The molecular formula is C14H19N5O. The lowest BCUT2D eigenvalue weighted by Gasteiger charge is -2.23. The van der Waals surface area contributed by atoms with Crippen molar-refractivity contribution in [3.8, 4) is 0 Å². The molecule has 20 heavy (non-hydrogen) atoms. The van der Waals surface area contributed by atoms with E-state index in [-0.39, 0.29) is 12.6 Å². The Morgan fingerprint density at radius 1 is 1.30 bits per heavy atom. The second-order valence-corrected chi connectivity index (χ2v) is 5.28. The molecule has 2 aromatic rings. The lowest BCUT2D eigenvalue weighted by Crippen LogP contribution is -2.25. The van der Waals surface area contributed by atoms with Gasteiger partial charge < -0.3 is 10.0 Å². The first-order chi connectivity index (χ1) is 9.67. The average Bonchev–Trinajstić information content (AvgIpc) is 3.06. The number of nitrogens with one attached hydrogen (secondary N) is 1. The van der Waals surface area contributed by atoms with Crippen LogP contribution in [0.15, 0.2) is 12.1 Å². The zero-order valence-electron chi connectivity index (χ0n) is 11.8. The minimum Gasteiger partial charge on any atom is -0.390 e. The molecule has 0 aromatic carbocycles. The van der Waals surface area contributed by atoms with Crippen molar-refractivity contribution in [3.05, 3.63) is 34.9 Å². The minimum atomic E-state index is -0.0141. The summed E-state index contributed by atoms with van der Waals surface area (Å²) in [7, 11) is 0. The highest BCUT2D eigenvalue weighted by Gasteiger charge is 2.30. The SMILES string of the molecule is Cc1cc(C)nc(N2CCC[C@H]2c2cc(CO)[nH]n2)n1. The first-order valence-electron chi connectivity index (χ1n) is 6.91. The van der Waals surface area contributed by atoms with Gasteiger partial charge in [-0.25, -0.2) is 9.97 Å². The van der Waals surface area contributed by atoms with Crippen molar-refractivity contribution in [1.29, 1.82) is 0 Å². The maximum absolute atomic E-state index is 9.14. The van der Waals surface area contributed by atoms with Crippen LogP contribution >= 0.6 is 0 Å². The van der Waals surface area contributed by atoms with Crippen LogP contribution in [-0.4, -0.2) is 31.8 Å². The van der Waals surface area contributed by atoms with Gasteiger partial charge in [-0.1, -0.05) is 0 Å². The molecule has 1 aliphatic heterocycles. The Labute approximate surface area is 117 Å². The summed E-state index contributed by atoms with van der Waals surface area (Å²) in [5.41, 5.74) is 3.66. The Hall–Kier alpha value is -1.95. The van der Waals surface area contributed by atoms with E-state index in [1.165, 1.54) is 0 Å². The largest absolute Gasteiger partial charge is 0.390 e. The van der Waals surface area contributed by atoms with Crippen molar-refractivity contribution >= 4 is 5.95 Å². The molecule has 0 amide bonds. The van der Waals surface area contributed by atoms with E-state index in [2.05, 4.69) is 25.1 Å². The van der Waals surface area contributed by atoms with Gasteiger partial charge in [0.1, 0.15) is 0 Å². The Balaban J connectivity index is 1.91. The molecule has 106 valence electrons. The number of aryl methyl sites for hydroxylation is 2. The quantitative estimate of drug-likeness (QED) is 0.889. The molecule has 6 nitrogen and oxygen atoms in total. The smallest absolute Gasteiger partial charge is 0.226 e. The summed E-state index contributed by atoms with van der Waals surface area (Å²) < 4.78 is 0. The molecule has 0 saturated carbocycles. The first-order valence-corrected chi connectivity index (χ1v) is 6.91. The lowest BCUT2D eigenvalue weighted by atomic mass is 10.1. The fraction of sp³-hybridized carbons (Fsp3) is 0.500. The van der Waals surface area contributed by atoms with Crippen LogP contribution in [0.4, 0.5) is 5.95 Å². The van der Waals surface area contributed by atoms with Crippen LogP contribution in [0.1, 0.15) is 41.7 Å². The molecule has 0 bridgehead atoms. The van der Waals surface area contributed by atoms with E-state index in [9.17, 15) is 0 Å². The van der Waals surface area contributed by atoms with Gasteiger partial charge in [-0.2, -0.15) is 5.10 Å². The van der Waals surface area contributed by atoms with Gasteiger partial charge in [0.2, 0.25) is 5.95 Å². The lowest BCUT2D eigenvalue weighted by molar-refractivity contribution is 0.276. The molecule has 0 radical (unpaired) electrons. The number of hydrogen-bond donors (Lipinski definition) is 2. The van der Waals surface area contributed by atoms with Gasteiger partial charge in [-0.3, -0.25) is 5.10 Å². The van der Waals surface area contributed by atoms with Gasteiger partial charge in [0, 0.05) is 17.9 Å². The fourth-order valence-electron chi connectivity index (χ4n) is 2.78. The molecule has 0 aliphatic carbocycles. The topological polar surface area (TPSA) is 77.9 Å². The highest BCUT2D eigenvalue weighted by molar-refractivity contribution is 5.38. The number of anilines is 1. The number of aliphatic hydroxyl groups excluding tert-OH is 1. The van der Waals surface area contributed by atoms with Gasteiger partial charge in [0.25, 0.3) is 0 Å². The molecule has 3 heterocycles.